The second-order valence-electron chi connectivity index (χ2n) is 2.43. The van der Waals surface area contributed by atoms with E-state index in [0.29, 0.717) is 6.61 Å². The summed E-state index contributed by atoms with van der Waals surface area (Å²) in [6, 6.07) is 9.76. The fraction of sp³-hybridized carbons (Fsp3) is 0.200. The van der Waals surface area contributed by atoms with Crippen molar-refractivity contribution in [2.45, 2.75) is 6.42 Å². The third-order valence-corrected chi connectivity index (χ3v) is 1.78. The van der Waals surface area contributed by atoms with Gasteiger partial charge in [-0.15, -0.1) is 0 Å². The van der Waals surface area contributed by atoms with Crippen molar-refractivity contribution in [3.05, 3.63) is 41.4 Å². The van der Waals surface area contributed by atoms with Gasteiger partial charge in [0.1, 0.15) is 5.75 Å². The topological polar surface area (TPSA) is 9.23 Å². The molecule has 0 aliphatic heterocycles. The van der Waals surface area contributed by atoms with Crippen molar-refractivity contribution in [1.82, 2.24) is 0 Å². The maximum atomic E-state index is 5.43. The zero-order valence-corrected chi connectivity index (χ0v) is 8.38. The largest absolute Gasteiger partial charge is 0.493 e. The molecule has 0 atom stereocenters. The van der Waals surface area contributed by atoms with Gasteiger partial charge in [0.05, 0.1) is 6.61 Å². The molecule has 0 bridgehead atoms. The second kappa shape index (κ2) is 4.99. The molecule has 12 heavy (non-hydrogen) atoms. The Morgan fingerprint density at radius 2 is 2.00 bits per heavy atom. The monoisotopic (exact) mass is 226 g/mol. The number of hydrogen-bond acceptors (Lipinski definition) is 1. The Morgan fingerprint density at radius 1 is 1.33 bits per heavy atom. The van der Waals surface area contributed by atoms with Gasteiger partial charge in [0, 0.05) is 6.42 Å². The Hall–Kier alpha value is -0.760. The first-order valence-corrected chi connectivity index (χ1v) is 4.59. The van der Waals surface area contributed by atoms with Crippen LogP contribution in [0.15, 0.2) is 41.4 Å². The highest BCUT2D eigenvalue weighted by molar-refractivity contribution is 9.11. The number of ether oxygens (including phenoxy) is 1. The first-order chi connectivity index (χ1) is 5.79. The molecule has 0 aliphatic carbocycles. The fourth-order valence-corrected chi connectivity index (χ4v) is 0.958. The van der Waals surface area contributed by atoms with Gasteiger partial charge in [-0.25, -0.2) is 0 Å². The van der Waals surface area contributed by atoms with E-state index in [4.69, 9.17) is 4.74 Å². The van der Waals surface area contributed by atoms with Gasteiger partial charge in [0.2, 0.25) is 0 Å². The summed E-state index contributed by atoms with van der Waals surface area (Å²) in [5, 5.41) is 0. The summed E-state index contributed by atoms with van der Waals surface area (Å²) in [6.45, 7) is 4.40. The van der Waals surface area contributed by atoms with Crippen molar-refractivity contribution >= 4 is 15.9 Å². The quantitative estimate of drug-likeness (QED) is 0.766. The van der Waals surface area contributed by atoms with Crippen molar-refractivity contribution in [3.63, 3.8) is 0 Å². The molecule has 0 fully saturated rings. The molecule has 2 heteroatoms. The van der Waals surface area contributed by atoms with Crippen molar-refractivity contribution < 1.29 is 4.74 Å². The van der Waals surface area contributed by atoms with Gasteiger partial charge in [-0.05, 0) is 16.6 Å². The Balaban J connectivity index is 2.29. The van der Waals surface area contributed by atoms with Gasteiger partial charge in [-0.3, -0.25) is 0 Å². The second-order valence-corrected chi connectivity index (χ2v) is 3.55. The van der Waals surface area contributed by atoms with Crippen LogP contribution in [0.2, 0.25) is 0 Å². The standard InChI is InChI=1S/C10H11BrO/c1-9(11)7-8-12-10-5-3-2-4-6-10/h2-6H,1,7-8H2. The molecular formula is C10H11BrO. The summed E-state index contributed by atoms with van der Waals surface area (Å²) >= 11 is 3.27. The van der Waals surface area contributed by atoms with E-state index in [1.165, 1.54) is 0 Å². The first-order valence-electron chi connectivity index (χ1n) is 3.80. The smallest absolute Gasteiger partial charge is 0.119 e. The van der Waals surface area contributed by atoms with Crippen LogP contribution >= 0.6 is 15.9 Å². The highest BCUT2D eigenvalue weighted by atomic mass is 79.9. The minimum atomic E-state index is 0.675. The molecule has 0 aliphatic rings. The lowest BCUT2D eigenvalue weighted by molar-refractivity contribution is 0.324. The molecule has 0 amide bonds. The van der Waals surface area contributed by atoms with Crippen LogP contribution < -0.4 is 4.74 Å². The predicted octanol–water partition coefficient (Wildman–Crippen LogP) is 3.36. The minimum absolute atomic E-state index is 0.675. The number of para-hydroxylation sites is 1. The average molecular weight is 227 g/mol. The van der Waals surface area contributed by atoms with E-state index < -0.39 is 0 Å². The van der Waals surface area contributed by atoms with Gasteiger partial charge < -0.3 is 4.74 Å². The van der Waals surface area contributed by atoms with Gasteiger partial charge >= 0.3 is 0 Å². The molecule has 0 N–H and O–H groups in total. The average Bonchev–Trinajstić information content (AvgIpc) is 2.05. The number of halogens is 1. The van der Waals surface area contributed by atoms with E-state index in [0.717, 1.165) is 16.7 Å². The van der Waals surface area contributed by atoms with E-state index in [2.05, 4.69) is 22.5 Å². The van der Waals surface area contributed by atoms with E-state index in [9.17, 15) is 0 Å². The third-order valence-electron chi connectivity index (χ3n) is 1.39. The van der Waals surface area contributed by atoms with Crippen molar-refractivity contribution in [2.24, 2.45) is 0 Å². The molecule has 1 aromatic rings. The summed E-state index contributed by atoms with van der Waals surface area (Å²) in [6.07, 6.45) is 0.842. The number of benzene rings is 1. The molecule has 0 heterocycles. The van der Waals surface area contributed by atoms with Crippen molar-refractivity contribution in [2.75, 3.05) is 6.61 Å². The molecule has 1 nitrogen and oxygen atoms in total. The minimum Gasteiger partial charge on any atom is -0.493 e. The van der Waals surface area contributed by atoms with Crippen LogP contribution in [0.5, 0.6) is 5.75 Å². The molecule has 0 aromatic heterocycles. The predicted molar refractivity (Wildman–Crippen MR) is 54.6 cm³/mol. The molecule has 0 saturated heterocycles. The Morgan fingerprint density at radius 3 is 2.58 bits per heavy atom. The van der Waals surface area contributed by atoms with Crippen LogP contribution in [0.1, 0.15) is 6.42 Å². The van der Waals surface area contributed by atoms with Gasteiger partial charge in [0.15, 0.2) is 0 Å². The summed E-state index contributed by atoms with van der Waals surface area (Å²) in [5.74, 6) is 0.909. The van der Waals surface area contributed by atoms with Crippen LogP contribution in [0.4, 0.5) is 0 Å². The SMILES string of the molecule is C=C(Br)CCOc1ccccc1. The van der Waals surface area contributed by atoms with Crippen LogP contribution in [0, 0.1) is 0 Å². The summed E-state index contributed by atoms with van der Waals surface area (Å²) in [5.41, 5.74) is 0. The van der Waals surface area contributed by atoms with Crippen LogP contribution in [-0.2, 0) is 0 Å². The van der Waals surface area contributed by atoms with Crippen molar-refractivity contribution in [3.8, 4) is 5.75 Å². The zero-order valence-electron chi connectivity index (χ0n) is 6.79. The lowest BCUT2D eigenvalue weighted by Gasteiger charge is -2.03. The van der Waals surface area contributed by atoms with Crippen LogP contribution in [0.25, 0.3) is 0 Å². The fourth-order valence-electron chi connectivity index (χ4n) is 0.796. The number of hydrogen-bond donors (Lipinski definition) is 0. The van der Waals surface area contributed by atoms with E-state index in [1.807, 2.05) is 30.3 Å². The third kappa shape index (κ3) is 3.58. The Kier molecular flexibility index (Phi) is 3.88. The molecule has 0 spiro atoms. The van der Waals surface area contributed by atoms with E-state index >= 15 is 0 Å². The lowest BCUT2D eigenvalue weighted by Crippen LogP contribution is -1.95. The maximum absolute atomic E-state index is 5.43. The van der Waals surface area contributed by atoms with Gasteiger partial charge in [-0.1, -0.05) is 40.7 Å². The molecule has 1 aromatic carbocycles. The molecular weight excluding hydrogens is 216 g/mol. The summed E-state index contributed by atoms with van der Waals surface area (Å²) in [7, 11) is 0. The lowest BCUT2D eigenvalue weighted by atomic mass is 10.3. The Bertz CT molecular complexity index is 243. The number of rotatable bonds is 4. The molecule has 0 radical (unpaired) electrons. The normalized spacial score (nSPS) is 9.42. The Labute approximate surface area is 81.2 Å². The maximum Gasteiger partial charge on any atom is 0.119 e. The molecule has 64 valence electrons. The first kappa shape index (κ1) is 9.33. The molecule has 0 unspecified atom stereocenters. The molecule has 0 saturated carbocycles. The van der Waals surface area contributed by atoms with E-state index in [-0.39, 0.29) is 0 Å². The summed E-state index contributed by atoms with van der Waals surface area (Å²) in [4.78, 5) is 0. The molecule has 1 rings (SSSR count). The van der Waals surface area contributed by atoms with Crippen molar-refractivity contribution in [1.29, 1.82) is 0 Å². The highest BCUT2D eigenvalue weighted by Crippen LogP contribution is 2.11. The highest BCUT2D eigenvalue weighted by Gasteiger charge is 1.91. The van der Waals surface area contributed by atoms with E-state index in [1.54, 1.807) is 0 Å². The van der Waals surface area contributed by atoms with Crippen LogP contribution in [-0.4, -0.2) is 6.61 Å². The van der Waals surface area contributed by atoms with Gasteiger partial charge in [0.25, 0.3) is 0 Å². The van der Waals surface area contributed by atoms with Crippen LogP contribution in [0.3, 0.4) is 0 Å². The summed E-state index contributed by atoms with van der Waals surface area (Å²) < 4.78 is 6.40. The zero-order chi connectivity index (χ0) is 8.81. The van der Waals surface area contributed by atoms with Gasteiger partial charge in [-0.2, -0.15) is 0 Å².